The zero-order valence-electron chi connectivity index (χ0n) is 13.1. The highest BCUT2D eigenvalue weighted by Crippen LogP contribution is 2.29. The summed E-state index contributed by atoms with van der Waals surface area (Å²) in [7, 11) is 0. The van der Waals surface area contributed by atoms with Crippen LogP contribution in [0.2, 0.25) is 0 Å². The van der Waals surface area contributed by atoms with Crippen molar-refractivity contribution in [2.24, 2.45) is 0 Å². The lowest BCUT2D eigenvalue weighted by Gasteiger charge is -2.37. The maximum atomic E-state index is 4.60. The maximum Gasteiger partial charge on any atom is 0.142 e. The van der Waals surface area contributed by atoms with Crippen molar-refractivity contribution < 1.29 is 0 Å². The Kier molecular flexibility index (Phi) is 4.16. The van der Waals surface area contributed by atoms with Crippen LogP contribution in [0.5, 0.6) is 0 Å². The molecule has 0 atom stereocenters. The number of halogens is 1. The molecule has 4 rings (SSSR count). The second-order valence-electron chi connectivity index (χ2n) is 6.11. The van der Waals surface area contributed by atoms with Gasteiger partial charge in [-0.3, -0.25) is 0 Å². The summed E-state index contributed by atoms with van der Waals surface area (Å²) in [4.78, 5) is 18.3. The molecule has 0 saturated carbocycles. The average molecular weight is 374 g/mol. The van der Waals surface area contributed by atoms with E-state index in [2.05, 4.69) is 46.7 Å². The predicted molar refractivity (Wildman–Crippen MR) is 95.0 cm³/mol. The molecule has 3 heterocycles. The number of fused-ring (bicyclic) bond motifs is 1. The lowest BCUT2D eigenvalue weighted by molar-refractivity contribution is 0.619. The van der Waals surface area contributed by atoms with E-state index in [1.165, 1.54) is 24.1 Å². The van der Waals surface area contributed by atoms with E-state index in [0.717, 1.165) is 55.1 Å². The molecule has 1 saturated heterocycles. The van der Waals surface area contributed by atoms with Crippen LogP contribution in [-0.4, -0.2) is 41.1 Å². The van der Waals surface area contributed by atoms with Gasteiger partial charge < -0.3 is 9.80 Å². The van der Waals surface area contributed by atoms with Gasteiger partial charge in [0.05, 0.1) is 4.47 Å². The Labute approximate surface area is 144 Å². The third-order valence-electron chi connectivity index (χ3n) is 4.72. The van der Waals surface area contributed by atoms with E-state index < -0.39 is 0 Å². The lowest BCUT2D eigenvalue weighted by Crippen LogP contribution is -2.47. The topological polar surface area (TPSA) is 45.2 Å². The van der Waals surface area contributed by atoms with Gasteiger partial charge in [-0.05, 0) is 53.7 Å². The Balaban J connectivity index is 1.51. The second-order valence-corrected chi connectivity index (χ2v) is 6.97. The van der Waals surface area contributed by atoms with Crippen molar-refractivity contribution >= 4 is 27.6 Å². The molecular formula is C17H20BrN5. The van der Waals surface area contributed by atoms with E-state index in [1.807, 2.05) is 12.3 Å². The summed E-state index contributed by atoms with van der Waals surface area (Å²) < 4.78 is 1.06. The molecule has 0 aromatic carbocycles. The molecule has 0 amide bonds. The molecule has 1 fully saturated rings. The normalized spacial score (nSPS) is 18.0. The first kappa shape index (κ1) is 14.9. The van der Waals surface area contributed by atoms with Crippen molar-refractivity contribution in [3.63, 3.8) is 0 Å². The number of aromatic nitrogens is 3. The van der Waals surface area contributed by atoms with Crippen molar-refractivity contribution in [1.82, 2.24) is 15.0 Å². The van der Waals surface area contributed by atoms with Gasteiger partial charge in [-0.15, -0.1) is 0 Å². The minimum atomic E-state index is 0.967. The number of aryl methyl sites for hydroxylation is 1. The minimum absolute atomic E-state index is 0.967. The first-order valence-corrected chi connectivity index (χ1v) is 9.05. The van der Waals surface area contributed by atoms with E-state index in [0.29, 0.717) is 0 Å². The van der Waals surface area contributed by atoms with Gasteiger partial charge in [0.1, 0.15) is 18.0 Å². The van der Waals surface area contributed by atoms with Crippen LogP contribution in [-0.2, 0) is 12.8 Å². The third kappa shape index (κ3) is 2.92. The third-order valence-corrected chi connectivity index (χ3v) is 5.34. The van der Waals surface area contributed by atoms with Gasteiger partial charge in [0, 0.05) is 43.6 Å². The molecule has 0 bridgehead atoms. The van der Waals surface area contributed by atoms with Gasteiger partial charge in [-0.2, -0.15) is 0 Å². The number of anilines is 2. The van der Waals surface area contributed by atoms with E-state index in [4.69, 9.17) is 0 Å². The van der Waals surface area contributed by atoms with E-state index in [9.17, 15) is 0 Å². The van der Waals surface area contributed by atoms with Gasteiger partial charge in [-0.25, -0.2) is 15.0 Å². The molecule has 23 heavy (non-hydrogen) atoms. The van der Waals surface area contributed by atoms with Crippen LogP contribution in [0.25, 0.3) is 0 Å². The Bertz CT molecular complexity index is 697. The Hall–Kier alpha value is -1.69. The van der Waals surface area contributed by atoms with Gasteiger partial charge in [0.25, 0.3) is 0 Å². The number of pyridine rings is 1. The van der Waals surface area contributed by atoms with Gasteiger partial charge in [0.2, 0.25) is 0 Å². The fraction of sp³-hybridized carbons (Fsp3) is 0.471. The number of hydrogen-bond acceptors (Lipinski definition) is 5. The fourth-order valence-corrected chi connectivity index (χ4v) is 4.02. The van der Waals surface area contributed by atoms with Gasteiger partial charge in [-0.1, -0.05) is 0 Å². The second kappa shape index (κ2) is 6.43. The molecule has 6 heteroatoms. The summed E-state index contributed by atoms with van der Waals surface area (Å²) in [6.07, 6.45) is 8.33. The highest BCUT2D eigenvalue weighted by molar-refractivity contribution is 9.10. The minimum Gasteiger partial charge on any atom is -0.353 e. The monoisotopic (exact) mass is 373 g/mol. The summed E-state index contributed by atoms with van der Waals surface area (Å²) in [6, 6.07) is 4.01. The largest absolute Gasteiger partial charge is 0.353 e. The zero-order chi connectivity index (χ0) is 15.6. The van der Waals surface area contributed by atoms with Crippen LogP contribution in [0, 0.1) is 0 Å². The van der Waals surface area contributed by atoms with Crippen LogP contribution < -0.4 is 9.80 Å². The smallest absolute Gasteiger partial charge is 0.142 e. The van der Waals surface area contributed by atoms with E-state index in [-0.39, 0.29) is 0 Å². The number of nitrogens with zero attached hydrogens (tertiary/aromatic N) is 5. The molecule has 2 aromatic rings. The van der Waals surface area contributed by atoms with Crippen molar-refractivity contribution in [3.05, 3.63) is 40.4 Å². The van der Waals surface area contributed by atoms with Crippen molar-refractivity contribution in [3.8, 4) is 0 Å². The molecule has 1 aliphatic heterocycles. The Morgan fingerprint density at radius 1 is 0.870 bits per heavy atom. The highest BCUT2D eigenvalue weighted by atomic mass is 79.9. The Morgan fingerprint density at radius 2 is 1.61 bits per heavy atom. The van der Waals surface area contributed by atoms with Crippen LogP contribution in [0.15, 0.2) is 29.1 Å². The van der Waals surface area contributed by atoms with Crippen molar-refractivity contribution in [2.75, 3.05) is 36.0 Å². The summed E-state index contributed by atoms with van der Waals surface area (Å²) in [5, 5.41) is 0. The maximum absolute atomic E-state index is 4.60. The first-order chi connectivity index (χ1) is 11.3. The fourth-order valence-electron chi connectivity index (χ4n) is 3.52. The molecule has 0 unspecified atom stereocenters. The summed E-state index contributed by atoms with van der Waals surface area (Å²) in [5.41, 5.74) is 2.64. The predicted octanol–water partition coefficient (Wildman–Crippen LogP) is 2.84. The quantitative estimate of drug-likeness (QED) is 0.809. The molecule has 120 valence electrons. The first-order valence-electron chi connectivity index (χ1n) is 8.26. The molecule has 1 aliphatic carbocycles. The van der Waals surface area contributed by atoms with Crippen LogP contribution in [0.4, 0.5) is 11.6 Å². The van der Waals surface area contributed by atoms with Gasteiger partial charge >= 0.3 is 0 Å². The number of hydrogen-bond donors (Lipinski definition) is 0. The van der Waals surface area contributed by atoms with E-state index in [1.54, 1.807) is 6.33 Å². The standard InChI is InChI=1S/C17H20BrN5/c18-14-5-3-7-19-17(14)23-10-8-22(9-11-23)16-13-4-1-2-6-15(13)20-12-21-16/h3,5,7,12H,1-2,4,6,8-11H2. The average Bonchev–Trinajstić information content (AvgIpc) is 2.62. The SMILES string of the molecule is Brc1cccnc1N1CCN(c2ncnc3c2CCCC3)CC1. The van der Waals surface area contributed by atoms with E-state index >= 15 is 0 Å². The molecule has 0 spiro atoms. The lowest BCUT2D eigenvalue weighted by atomic mass is 9.96. The summed E-state index contributed by atoms with van der Waals surface area (Å²) >= 11 is 3.60. The summed E-state index contributed by atoms with van der Waals surface area (Å²) in [5.74, 6) is 2.20. The molecule has 0 N–H and O–H groups in total. The molecule has 2 aromatic heterocycles. The summed E-state index contributed by atoms with van der Waals surface area (Å²) in [6.45, 7) is 3.89. The zero-order valence-corrected chi connectivity index (χ0v) is 14.7. The van der Waals surface area contributed by atoms with Crippen molar-refractivity contribution in [1.29, 1.82) is 0 Å². The van der Waals surface area contributed by atoms with Crippen LogP contribution in [0.3, 0.4) is 0 Å². The molecular weight excluding hydrogens is 354 g/mol. The highest BCUT2D eigenvalue weighted by Gasteiger charge is 2.24. The Morgan fingerprint density at radius 3 is 2.39 bits per heavy atom. The molecule has 5 nitrogen and oxygen atoms in total. The van der Waals surface area contributed by atoms with Crippen LogP contribution >= 0.6 is 15.9 Å². The van der Waals surface area contributed by atoms with Crippen LogP contribution in [0.1, 0.15) is 24.1 Å². The number of piperazine rings is 1. The molecule has 0 radical (unpaired) electrons. The number of rotatable bonds is 2. The van der Waals surface area contributed by atoms with Crippen molar-refractivity contribution in [2.45, 2.75) is 25.7 Å². The molecule has 2 aliphatic rings. The van der Waals surface area contributed by atoms with Gasteiger partial charge in [0.15, 0.2) is 0 Å².